The molecule has 1 fully saturated rings. The van der Waals surface area contributed by atoms with E-state index in [-0.39, 0.29) is 12.6 Å². The van der Waals surface area contributed by atoms with Gasteiger partial charge >= 0.3 is 11.8 Å². The Labute approximate surface area is 180 Å². The van der Waals surface area contributed by atoms with Gasteiger partial charge in [-0.3, -0.25) is 9.59 Å². The third-order valence-electron chi connectivity index (χ3n) is 5.24. The number of nitrogens with one attached hydrogen (secondary N) is 2. The molecule has 168 valence electrons. The molecule has 8 nitrogen and oxygen atoms in total. The monoisotopic (exact) mass is 438 g/mol. The minimum absolute atomic E-state index is 0.187. The van der Waals surface area contributed by atoms with Crippen LogP contribution < -0.4 is 10.6 Å². The molecule has 1 aromatic rings. The van der Waals surface area contributed by atoms with E-state index in [9.17, 15) is 18.0 Å². The van der Waals surface area contributed by atoms with Crippen molar-refractivity contribution in [1.82, 2.24) is 19.8 Å². The summed E-state index contributed by atoms with van der Waals surface area (Å²) in [5.41, 5.74) is 1.01. The molecule has 30 heavy (non-hydrogen) atoms. The summed E-state index contributed by atoms with van der Waals surface area (Å²) in [5, 5.41) is 5.22. The molecule has 2 N–H and O–H groups in total. The Morgan fingerprint density at radius 2 is 1.70 bits per heavy atom. The first-order valence-electron chi connectivity index (χ1n) is 10.5. The number of nitrogens with zero attached hydrogens (tertiary/aromatic N) is 2. The highest BCUT2D eigenvalue weighted by Gasteiger charge is 2.33. The number of aryl methyl sites for hydroxylation is 1. The van der Waals surface area contributed by atoms with Gasteiger partial charge in [0.25, 0.3) is 0 Å². The summed E-state index contributed by atoms with van der Waals surface area (Å²) in [5.74, 6) is -1.33. The van der Waals surface area contributed by atoms with Crippen LogP contribution in [0.3, 0.4) is 0 Å². The van der Waals surface area contributed by atoms with Gasteiger partial charge < -0.3 is 15.5 Å². The summed E-state index contributed by atoms with van der Waals surface area (Å²) in [6.07, 6.45) is 3.76. The molecular formula is C21H34N4O4S. The minimum atomic E-state index is -3.58. The normalized spacial score (nSPS) is 17.7. The molecule has 0 aromatic heterocycles. The van der Waals surface area contributed by atoms with Crippen LogP contribution in [0.4, 0.5) is 0 Å². The van der Waals surface area contributed by atoms with Gasteiger partial charge in [-0.1, -0.05) is 24.1 Å². The Balaban J connectivity index is 1.86. The summed E-state index contributed by atoms with van der Waals surface area (Å²) in [6.45, 7) is 3.92. The molecule has 0 bridgehead atoms. The van der Waals surface area contributed by atoms with Crippen molar-refractivity contribution in [2.75, 3.05) is 40.3 Å². The van der Waals surface area contributed by atoms with Gasteiger partial charge in [-0.05, 0) is 65.4 Å². The minimum Gasteiger partial charge on any atom is -0.348 e. The van der Waals surface area contributed by atoms with Crippen LogP contribution in [-0.2, 0) is 19.6 Å². The average molecular weight is 439 g/mol. The molecule has 0 saturated carbocycles. The molecular weight excluding hydrogens is 404 g/mol. The summed E-state index contributed by atoms with van der Waals surface area (Å²) in [6, 6.07) is 6.68. The number of hydrogen-bond donors (Lipinski definition) is 2. The Hall–Kier alpha value is -1.97. The van der Waals surface area contributed by atoms with Crippen molar-refractivity contribution in [3.05, 3.63) is 29.8 Å². The molecule has 1 atom stereocenters. The van der Waals surface area contributed by atoms with Crippen LogP contribution in [0, 0.1) is 6.92 Å². The van der Waals surface area contributed by atoms with E-state index in [1.165, 1.54) is 0 Å². The summed E-state index contributed by atoms with van der Waals surface area (Å²) >= 11 is 0. The van der Waals surface area contributed by atoms with E-state index in [1.807, 2.05) is 25.9 Å². The Bertz CT molecular complexity index is 809. The number of carbonyl (C=O) groups excluding carboxylic acids is 2. The van der Waals surface area contributed by atoms with Crippen molar-refractivity contribution >= 4 is 21.8 Å². The van der Waals surface area contributed by atoms with Crippen molar-refractivity contribution in [2.45, 2.75) is 50.0 Å². The maximum atomic E-state index is 13.1. The van der Waals surface area contributed by atoms with Gasteiger partial charge in [-0.15, -0.1) is 0 Å². The number of piperidine rings is 1. The number of rotatable bonds is 9. The number of benzene rings is 1. The SMILES string of the molecule is Cc1ccc(S(=O)(=O)N2CCCC[C@@H]2CCNC(=O)C(=O)NCCCN(C)C)cc1. The van der Waals surface area contributed by atoms with Crippen LogP contribution in [0.5, 0.6) is 0 Å². The van der Waals surface area contributed by atoms with Gasteiger partial charge in [0.05, 0.1) is 4.90 Å². The molecule has 0 radical (unpaired) electrons. The standard InChI is InChI=1S/C21H34N4O4S/c1-17-8-10-19(11-9-17)30(28,29)25-16-5-4-7-18(25)12-14-23-21(27)20(26)22-13-6-15-24(2)3/h8-11,18H,4-7,12-16H2,1-3H3,(H,22,26)(H,23,27)/t18-/m1/s1. The molecule has 0 unspecified atom stereocenters. The molecule has 1 aliphatic rings. The Morgan fingerprint density at radius 3 is 2.33 bits per heavy atom. The van der Waals surface area contributed by atoms with Crippen LogP contribution in [-0.4, -0.2) is 75.8 Å². The highest BCUT2D eigenvalue weighted by atomic mass is 32.2. The quantitative estimate of drug-likeness (QED) is 0.445. The number of sulfonamides is 1. The van der Waals surface area contributed by atoms with E-state index < -0.39 is 21.8 Å². The third kappa shape index (κ3) is 7.07. The fraction of sp³-hybridized carbons (Fsp3) is 0.619. The Morgan fingerprint density at radius 1 is 1.07 bits per heavy atom. The molecule has 1 aliphatic heterocycles. The first-order chi connectivity index (χ1) is 14.2. The van der Waals surface area contributed by atoms with Crippen molar-refractivity contribution in [1.29, 1.82) is 0 Å². The zero-order valence-corrected chi connectivity index (χ0v) is 19.0. The van der Waals surface area contributed by atoms with Crippen molar-refractivity contribution < 1.29 is 18.0 Å². The smallest absolute Gasteiger partial charge is 0.309 e. The second-order valence-electron chi connectivity index (χ2n) is 8.04. The van der Waals surface area contributed by atoms with Gasteiger partial charge in [-0.25, -0.2) is 8.42 Å². The molecule has 1 aromatic carbocycles. The van der Waals surface area contributed by atoms with Gasteiger partial charge in [0.1, 0.15) is 0 Å². The topological polar surface area (TPSA) is 98.8 Å². The second-order valence-corrected chi connectivity index (χ2v) is 9.93. The van der Waals surface area contributed by atoms with E-state index in [0.29, 0.717) is 24.4 Å². The van der Waals surface area contributed by atoms with E-state index in [4.69, 9.17) is 0 Å². The van der Waals surface area contributed by atoms with Crippen LogP contribution in [0.1, 0.15) is 37.7 Å². The number of hydrogen-bond acceptors (Lipinski definition) is 5. The van der Waals surface area contributed by atoms with Gasteiger partial charge in [0, 0.05) is 25.7 Å². The maximum Gasteiger partial charge on any atom is 0.309 e. The largest absolute Gasteiger partial charge is 0.348 e. The molecule has 2 amide bonds. The zero-order valence-electron chi connectivity index (χ0n) is 18.2. The highest BCUT2D eigenvalue weighted by Crippen LogP contribution is 2.27. The first-order valence-corrected chi connectivity index (χ1v) is 11.9. The van der Waals surface area contributed by atoms with Crippen LogP contribution in [0.2, 0.25) is 0 Å². The predicted molar refractivity (Wildman–Crippen MR) is 117 cm³/mol. The van der Waals surface area contributed by atoms with E-state index in [1.54, 1.807) is 28.6 Å². The van der Waals surface area contributed by atoms with Crippen molar-refractivity contribution in [3.8, 4) is 0 Å². The van der Waals surface area contributed by atoms with Crippen LogP contribution >= 0.6 is 0 Å². The molecule has 0 aliphatic carbocycles. The molecule has 1 heterocycles. The lowest BCUT2D eigenvalue weighted by molar-refractivity contribution is -0.139. The number of amides is 2. The van der Waals surface area contributed by atoms with Crippen LogP contribution in [0.25, 0.3) is 0 Å². The van der Waals surface area contributed by atoms with Gasteiger partial charge in [0.2, 0.25) is 10.0 Å². The summed E-state index contributed by atoms with van der Waals surface area (Å²) in [4.78, 5) is 26.1. The molecule has 1 saturated heterocycles. The fourth-order valence-electron chi connectivity index (χ4n) is 3.53. The maximum absolute atomic E-state index is 13.1. The lowest BCUT2D eigenvalue weighted by atomic mass is 10.0. The van der Waals surface area contributed by atoms with Gasteiger partial charge in [-0.2, -0.15) is 4.31 Å². The summed E-state index contributed by atoms with van der Waals surface area (Å²) < 4.78 is 27.7. The second kappa shape index (κ2) is 11.4. The number of carbonyl (C=O) groups is 2. The first kappa shape index (κ1) is 24.3. The Kier molecular flexibility index (Phi) is 9.26. The van der Waals surface area contributed by atoms with Gasteiger partial charge in [0.15, 0.2) is 0 Å². The molecule has 9 heteroatoms. The fourth-order valence-corrected chi connectivity index (χ4v) is 5.26. The predicted octanol–water partition coefficient (Wildman–Crippen LogP) is 1.11. The molecule has 0 spiro atoms. The van der Waals surface area contributed by atoms with E-state index in [0.717, 1.165) is 37.8 Å². The van der Waals surface area contributed by atoms with Crippen molar-refractivity contribution in [2.24, 2.45) is 0 Å². The van der Waals surface area contributed by atoms with E-state index >= 15 is 0 Å². The average Bonchev–Trinajstić information content (AvgIpc) is 2.71. The van der Waals surface area contributed by atoms with E-state index in [2.05, 4.69) is 10.6 Å². The van der Waals surface area contributed by atoms with Crippen molar-refractivity contribution in [3.63, 3.8) is 0 Å². The lowest BCUT2D eigenvalue weighted by Crippen LogP contribution is -2.46. The summed E-state index contributed by atoms with van der Waals surface area (Å²) in [7, 11) is 0.313. The third-order valence-corrected chi connectivity index (χ3v) is 7.20. The highest BCUT2D eigenvalue weighted by molar-refractivity contribution is 7.89. The lowest BCUT2D eigenvalue weighted by Gasteiger charge is -2.34. The van der Waals surface area contributed by atoms with Crippen LogP contribution in [0.15, 0.2) is 29.2 Å². The molecule has 2 rings (SSSR count). The zero-order chi connectivity index (χ0) is 22.1.